The number of amides is 1. The molecule has 1 amide bonds. The summed E-state index contributed by atoms with van der Waals surface area (Å²) in [6.07, 6.45) is 6.00. The van der Waals surface area contributed by atoms with Gasteiger partial charge in [0.25, 0.3) is 0 Å². The Hall–Kier alpha value is -2.06. The number of aliphatic imine (C=N–C) groups is 1. The van der Waals surface area contributed by atoms with Gasteiger partial charge in [0, 0.05) is 11.7 Å². The minimum atomic E-state index is -0.385. The lowest BCUT2D eigenvalue weighted by Gasteiger charge is -2.35. The van der Waals surface area contributed by atoms with E-state index in [0.717, 1.165) is 29.3 Å². The number of methoxy groups -OCH3 is 1. The number of hydrogen-bond donors (Lipinski definition) is 1. The second kappa shape index (κ2) is 8.75. The first kappa shape index (κ1) is 20.2. The number of rotatable bonds is 5. The summed E-state index contributed by atoms with van der Waals surface area (Å²) in [5, 5.41) is 9.99. The molecule has 2 aliphatic heterocycles. The average molecular weight is 432 g/mol. The fourth-order valence-corrected chi connectivity index (χ4v) is 5.82. The van der Waals surface area contributed by atoms with Gasteiger partial charge in [-0.3, -0.25) is 4.79 Å². The SMILES string of the molecule is COC(=O)C1=C(C)N=C2SC=C(CC(=O)NC3CCCCC3)N2C1c1ccsc1. The highest BCUT2D eigenvalue weighted by Crippen LogP contribution is 2.45. The molecule has 1 fully saturated rings. The molecular weight excluding hydrogens is 406 g/mol. The van der Waals surface area contributed by atoms with E-state index in [-0.39, 0.29) is 30.4 Å². The quantitative estimate of drug-likeness (QED) is 0.703. The number of thiophene rings is 1. The molecular formula is C21H25N3O3S2. The lowest BCUT2D eigenvalue weighted by Crippen LogP contribution is -2.40. The number of carbonyl (C=O) groups is 2. The molecule has 29 heavy (non-hydrogen) atoms. The molecule has 1 aromatic rings. The Kier molecular flexibility index (Phi) is 6.10. The summed E-state index contributed by atoms with van der Waals surface area (Å²) in [5.41, 5.74) is 3.05. The van der Waals surface area contributed by atoms with E-state index >= 15 is 0 Å². The van der Waals surface area contributed by atoms with Crippen LogP contribution in [0.1, 0.15) is 57.1 Å². The van der Waals surface area contributed by atoms with Gasteiger partial charge in [-0.15, -0.1) is 0 Å². The largest absolute Gasteiger partial charge is 0.466 e. The first-order valence-corrected chi connectivity index (χ1v) is 11.7. The molecule has 1 aliphatic carbocycles. The van der Waals surface area contributed by atoms with E-state index in [1.54, 1.807) is 11.3 Å². The number of fused-ring (bicyclic) bond motifs is 1. The van der Waals surface area contributed by atoms with Gasteiger partial charge >= 0.3 is 5.97 Å². The Bertz CT molecular complexity index is 883. The van der Waals surface area contributed by atoms with Gasteiger partial charge in [0.2, 0.25) is 5.91 Å². The zero-order valence-corrected chi connectivity index (χ0v) is 18.3. The van der Waals surface area contributed by atoms with Gasteiger partial charge in [0.15, 0.2) is 5.17 Å². The summed E-state index contributed by atoms with van der Waals surface area (Å²) in [6.45, 7) is 1.84. The first-order chi connectivity index (χ1) is 14.1. The van der Waals surface area contributed by atoms with Gasteiger partial charge < -0.3 is 15.0 Å². The predicted octanol–water partition coefficient (Wildman–Crippen LogP) is 4.34. The molecule has 0 spiro atoms. The van der Waals surface area contributed by atoms with Crippen molar-refractivity contribution in [1.82, 2.24) is 10.2 Å². The van der Waals surface area contributed by atoms with Crippen LogP contribution in [0, 0.1) is 0 Å². The zero-order chi connectivity index (χ0) is 20.4. The van der Waals surface area contributed by atoms with E-state index in [4.69, 9.17) is 4.74 Å². The molecule has 0 saturated heterocycles. The molecule has 154 valence electrons. The molecule has 1 N–H and O–H groups in total. The minimum Gasteiger partial charge on any atom is -0.466 e. The minimum absolute atomic E-state index is 0.0277. The molecule has 1 unspecified atom stereocenters. The summed E-state index contributed by atoms with van der Waals surface area (Å²) >= 11 is 3.08. The Balaban J connectivity index is 1.58. The number of nitrogens with one attached hydrogen (secondary N) is 1. The van der Waals surface area contributed by atoms with Crippen molar-refractivity contribution < 1.29 is 14.3 Å². The van der Waals surface area contributed by atoms with E-state index in [1.165, 1.54) is 38.1 Å². The van der Waals surface area contributed by atoms with Crippen LogP contribution in [0.4, 0.5) is 0 Å². The molecule has 0 aromatic carbocycles. The molecule has 1 atom stereocenters. The second-order valence-electron chi connectivity index (χ2n) is 7.52. The Morgan fingerprint density at radius 1 is 1.31 bits per heavy atom. The monoisotopic (exact) mass is 431 g/mol. The fraction of sp³-hybridized carbons (Fsp3) is 0.476. The normalized spacial score (nSPS) is 22.1. The van der Waals surface area contributed by atoms with Crippen LogP contribution in [0.15, 0.2) is 44.2 Å². The standard InChI is InChI=1S/C21H25N3O3S2/c1-13-18(20(26)27-2)19(14-8-9-28-11-14)24-16(12-29-21(24)22-13)10-17(25)23-15-6-4-3-5-7-15/h8-9,11-12,15,19H,3-7,10H2,1-2H3,(H,23,25). The lowest BCUT2D eigenvalue weighted by molar-refractivity contribution is -0.136. The van der Waals surface area contributed by atoms with Crippen molar-refractivity contribution in [1.29, 1.82) is 0 Å². The van der Waals surface area contributed by atoms with Crippen molar-refractivity contribution in [2.45, 2.75) is 57.5 Å². The van der Waals surface area contributed by atoms with Gasteiger partial charge in [-0.25, -0.2) is 9.79 Å². The summed E-state index contributed by atoms with van der Waals surface area (Å²) in [6, 6.07) is 1.96. The Morgan fingerprint density at radius 2 is 2.10 bits per heavy atom. The van der Waals surface area contributed by atoms with Gasteiger partial charge in [-0.05, 0) is 47.6 Å². The number of thioether (sulfide) groups is 1. The number of allylic oxidation sites excluding steroid dienone is 1. The second-order valence-corrected chi connectivity index (χ2v) is 9.14. The van der Waals surface area contributed by atoms with E-state index in [0.29, 0.717) is 11.3 Å². The zero-order valence-electron chi connectivity index (χ0n) is 16.6. The van der Waals surface area contributed by atoms with Crippen molar-refractivity contribution in [2.24, 2.45) is 4.99 Å². The van der Waals surface area contributed by atoms with E-state index in [2.05, 4.69) is 10.3 Å². The first-order valence-electron chi connectivity index (χ1n) is 9.92. The van der Waals surface area contributed by atoms with E-state index in [1.807, 2.05) is 34.1 Å². The lowest BCUT2D eigenvalue weighted by atomic mass is 9.95. The average Bonchev–Trinajstić information content (AvgIpc) is 3.38. The third-order valence-electron chi connectivity index (χ3n) is 5.58. The van der Waals surface area contributed by atoms with Crippen LogP contribution in [-0.4, -0.2) is 35.1 Å². The highest BCUT2D eigenvalue weighted by molar-refractivity contribution is 8.16. The number of esters is 1. The van der Waals surface area contributed by atoms with Gasteiger partial charge in [-0.2, -0.15) is 11.3 Å². The van der Waals surface area contributed by atoms with Gasteiger partial charge in [0.1, 0.15) is 0 Å². The van der Waals surface area contributed by atoms with Crippen LogP contribution in [0.25, 0.3) is 0 Å². The van der Waals surface area contributed by atoms with Crippen molar-refractivity contribution in [3.8, 4) is 0 Å². The topological polar surface area (TPSA) is 71.0 Å². The molecule has 0 radical (unpaired) electrons. The maximum absolute atomic E-state index is 12.7. The summed E-state index contributed by atoms with van der Waals surface area (Å²) in [7, 11) is 1.39. The van der Waals surface area contributed by atoms with Crippen molar-refractivity contribution in [3.05, 3.63) is 44.8 Å². The van der Waals surface area contributed by atoms with Crippen LogP contribution in [0.2, 0.25) is 0 Å². The molecule has 3 aliphatic rings. The maximum atomic E-state index is 12.7. The van der Waals surface area contributed by atoms with Crippen molar-refractivity contribution >= 4 is 40.1 Å². The summed E-state index contributed by atoms with van der Waals surface area (Å²) in [5.74, 6) is -0.357. The number of hydrogen-bond acceptors (Lipinski definition) is 7. The van der Waals surface area contributed by atoms with Crippen molar-refractivity contribution in [2.75, 3.05) is 7.11 Å². The summed E-state index contributed by atoms with van der Waals surface area (Å²) in [4.78, 5) is 32.0. The third-order valence-corrected chi connectivity index (χ3v) is 7.17. The molecule has 3 heterocycles. The predicted molar refractivity (Wildman–Crippen MR) is 116 cm³/mol. The Labute approximate surface area is 179 Å². The number of ether oxygens (including phenoxy) is 1. The van der Waals surface area contributed by atoms with Crippen molar-refractivity contribution in [3.63, 3.8) is 0 Å². The van der Waals surface area contributed by atoms with Crippen LogP contribution < -0.4 is 5.32 Å². The highest BCUT2D eigenvalue weighted by atomic mass is 32.2. The third kappa shape index (κ3) is 4.14. The molecule has 1 saturated carbocycles. The van der Waals surface area contributed by atoms with E-state index < -0.39 is 0 Å². The number of carbonyl (C=O) groups excluding carboxylic acids is 2. The van der Waals surface area contributed by atoms with Gasteiger partial charge in [-0.1, -0.05) is 31.0 Å². The van der Waals surface area contributed by atoms with Crippen LogP contribution >= 0.6 is 23.1 Å². The Morgan fingerprint density at radius 3 is 2.79 bits per heavy atom. The molecule has 6 nitrogen and oxygen atoms in total. The maximum Gasteiger partial charge on any atom is 0.338 e. The molecule has 4 rings (SSSR count). The fourth-order valence-electron chi connectivity index (χ4n) is 4.18. The number of amidine groups is 1. The van der Waals surface area contributed by atoms with Crippen LogP contribution in [-0.2, 0) is 14.3 Å². The molecule has 8 heteroatoms. The van der Waals surface area contributed by atoms with Gasteiger partial charge in [0.05, 0.1) is 30.8 Å². The number of nitrogens with zero attached hydrogens (tertiary/aromatic N) is 2. The van der Waals surface area contributed by atoms with Crippen LogP contribution in [0.3, 0.4) is 0 Å². The summed E-state index contributed by atoms with van der Waals surface area (Å²) < 4.78 is 5.06. The molecule has 1 aromatic heterocycles. The molecule has 0 bridgehead atoms. The smallest absolute Gasteiger partial charge is 0.338 e. The highest BCUT2D eigenvalue weighted by Gasteiger charge is 2.41. The van der Waals surface area contributed by atoms with E-state index in [9.17, 15) is 9.59 Å². The van der Waals surface area contributed by atoms with Crippen LogP contribution in [0.5, 0.6) is 0 Å².